The summed E-state index contributed by atoms with van der Waals surface area (Å²) in [7, 11) is 0. The molecule has 1 aromatic rings. The molecule has 0 aromatic heterocycles. The van der Waals surface area contributed by atoms with Crippen LogP contribution in [0.2, 0.25) is 0 Å². The fraction of sp³-hybridized carbons (Fsp3) is 0.364. The highest BCUT2D eigenvalue weighted by Crippen LogP contribution is 2.38. The lowest BCUT2D eigenvalue weighted by Crippen LogP contribution is -2.10. The molecule has 1 aliphatic rings. The molecular weight excluding hydrogens is 164 g/mol. The van der Waals surface area contributed by atoms with E-state index in [2.05, 4.69) is 0 Å². The van der Waals surface area contributed by atoms with E-state index >= 15 is 0 Å². The number of aliphatic hydroxyl groups is 1. The number of rotatable bonds is 3. The highest BCUT2D eigenvalue weighted by Gasteiger charge is 2.39. The molecule has 0 saturated heterocycles. The average molecular weight is 176 g/mol. The Morgan fingerprint density at radius 3 is 2.85 bits per heavy atom. The molecule has 1 aliphatic carbocycles. The fourth-order valence-electron chi connectivity index (χ4n) is 1.48. The van der Waals surface area contributed by atoms with Crippen molar-refractivity contribution in [2.45, 2.75) is 24.9 Å². The maximum absolute atomic E-state index is 10.5. The molecule has 2 nitrogen and oxygen atoms in total. The van der Waals surface area contributed by atoms with E-state index in [0.717, 1.165) is 24.7 Å². The SMILES string of the molecule is O=Cc1cccc(CC2(O)CC2)c1. The molecule has 0 amide bonds. The van der Waals surface area contributed by atoms with Gasteiger partial charge in [-0.05, 0) is 24.5 Å². The van der Waals surface area contributed by atoms with Gasteiger partial charge in [0.15, 0.2) is 0 Å². The first-order chi connectivity index (χ1) is 6.22. The molecule has 0 unspecified atom stereocenters. The Hall–Kier alpha value is -1.15. The van der Waals surface area contributed by atoms with E-state index in [-0.39, 0.29) is 0 Å². The van der Waals surface area contributed by atoms with Crippen LogP contribution in [0.4, 0.5) is 0 Å². The normalized spacial score (nSPS) is 18.2. The van der Waals surface area contributed by atoms with Crippen molar-refractivity contribution in [3.63, 3.8) is 0 Å². The third-order valence-corrected chi connectivity index (χ3v) is 2.45. The molecule has 2 rings (SSSR count). The van der Waals surface area contributed by atoms with Crippen molar-refractivity contribution in [3.8, 4) is 0 Å². The summed E-state index contributed by atoms with van der Waals surface area (Å²) < 4.78 is 0. The number of aldehydes is 1. The smallest absolute Gasteiger partial charge is 0.150 e. The highest BCUT2D eigenvalue weighted by atomic mass is 16.3. The lowest BCUT2D eigenvalue weighted by molar-refractivity contribution is 0.112. The third kappa shape index (κ3) is 1.95. The molecule has 0 spiro atoms. The predicted molar refractivity (Wildman–Crippen MR) is 49.7 cm³/mol. The summed E-state index contributed by atoms with van der Waals surface area (Å²) in [4.78, 5) is 10.5. The van der Waals surface area contributed by atoms with Gasteiger partial charge in [0.1, 0.15) is 6.29 Å². The average Bonchev–Trinajstić information content (AvgIpc) is 2.84. The standard InChI is InChI=1S/C11H12O2/c12-8-10-3-1-2-9(6-10)7-11(13)4-5-11/h1-3,6,8,13H,4-5,7H2. The first-order valence-electron chi connectivity index (χ1n) is 4.48. The number of hydrogen-bond donors (Lipinski definition) is 1. The van der Waals surface area contributed by atoms with E-state index in [4.69, 9.17) is 0 Å². The number of benzene rings is 1. The Labute approximate surface area is 77.2 Å². The molecule has 1 N–H and O–H groups in total. The largest absolute Gasteiger partial charge is 0.390 e. The van der Waals surface area contributed by atoms with Crippen molar-refractivity contribution in [2.75, 3.05) is 0 Å². The molecule has 0 atom stereocenters. The quantitative estimate of drug-likeness (QED) is 0.710. The number of carbonyl (C=O) groups excluding carboxylic acids is 1. The van der Waals surface area contributed by atoms with E-state index in [1.54, 1.807) is 6.07 Å². The molecule has 0 radical (unpaired) electrons. The van der Waals surface area contributed by atoms with Gasteiger partial charge in [-0.1, -0.05) is 18.2 Å². The maximum Gasteiger partial charge on any atom is 0.150 e. The van der Waals surface area contributed by atoms with Gasteiger partial charge in [0.25, 0.3) is 0 Å². The molecule has 2 heteroatoms. The summed E-state index contributed by atoms with van der Waals surface area (Å²) >= 11 is 0. The van der Waals surface area contributed by atoms with Gasteiger partial charge in [0, 0.05) is 12.0 Å². The summed E-state index contributed by atoms with van der Waals surface area (Å²) in [6, 6.07) is 7.41. The summed E-state index contributed by atoms with van der Waals surface area (Å²) in [5, 5.41) is 9.66. The van der Waals surface area contributed by atoms with Crippen LogP contribution in [0.3, 0.4) is 0 Å². The number of carbonyl (C=O) groups is 1. The van der Waals surface area contributed by atoms with E-state index in [1.165, 1.54) is 0 Å². The Morgan fingerprint density at radius 1 is 1.46 bits per heavy atom. The lowest BCUT2D eigenvalue weighted by atomic mass is 10.0. The zero-order valence-corrected chi connectivity index (χ0v) is 7.36. The summed E-state index contributed by atoms with van der Waals surface area (Å²) in [6.45, 7) is 0. The van der Waals surface area contributed by atoms with Gasteiger partial charge in [-0.25, -0.2) is 0 Å². The Morgan fingerprint density at radius 2 is 2.23 bits per heavy atom. The fourth-order valence-corrected chi connectivity index (χ4v) is 1.48. The molecule has 13 heavy (non-hydrogen) atoms. The molecular formula is C11H12O2. The van der Waals surface area contributed by atoms with Gasteiger partial charge in [0.05, 0.1) is 5.60 Å². The number of hydrogen-bond acceptors (Lipinski definition) is 2. The van der Waals surface area contributed by atoms with E-state index in [9.17, 15) is 9.90 Å². The van der Waals surface area contributed by atoms with Gasteiger partial charge in [-0.15, -0.1) is 0 Å². The highest BCUT2D eigenvalue weighted by molar-refractivity contribution is 5.74. The molecule has 68 valence electrons. The van der Waals surface area contributed by atoms with E-state index < -0.39 is 5.60 Å². The van der Waals surface area contributed by atoms with Gasteiger partial charge >= 0.3 is 0 Å². The summed E-state index contributed by atoms with van der Waals surface area (Å²) in [5.74, 6) is 0. The van der Waals surface area contributed by atoms with Gasteiger partial charge < -0.3 is 5.11 Å². The third-order valence-electron chi connectivity index (χ3n) is 2.45. The monoisotopic (exact) mass is 176 g/mol. The molecule has 1 fully saturated rings. The zero-order valence-electron chi connectivity index (χ0n) is 7.36. The molecule has 0 aliphatic heterocycles. The second-order valence-electron chi connectivity index (χ2n) is 3.76. The molecule has 1 aromatic carbocycles. The second kappa shape index (κ2) is 2.96. The maximum atomic E-state index is 10.5. The van der Waals surface area contributed by atoms with Gasteiger partial charge in [-0.3, -0.25) is 4.79 Å². The van der Waals surface area contributed by atoms with Crippen LogP contribution in [0.25, 0.3) is 0 Å². The van der Waals surface area contributed by atoms with Crippen LogP contribution < -0.4 is 0 Å². The van der Waals surface area contributed by atoms with Gasteiger partial charge in [-0.2, -0.15) is 0 Å². The summed E-state index contributed by atoms with van der Waals surface area (Å²) in [5.41, 5.74) is 1.26. The van der Waals surface area contributed by atoms with Crippen LogP contribution in [0.5, 0.6) is 0 Å². The van der Waals surface area contributed by atoms with Crippen LogP contribution in [0.1, 0.15) is 28.8 Å². The van der Waals surface area contributed by atoms with Crippen molar-refractivity contribution >= 4 is 6.29 Å². The molecule has 1 saturated carbocycles. The lowest BCUT2D eigenvalue weighted by Gasteiger charge is -2.07. The van der Waals surface area contributed by atoms with Crippen molar-refractivity contribution in [3.05, 3.63) is 35.4 Å². The van der Waals surface area contributed by atoms with E-state index in [1.807, 2.05) is 18.2 Å². The predicted octanol–water partition coefficient (Wildman–Crippen LogP) is 1.57. The van der Waals surface area contributed by atoms with Crippen molar-refractivity contribution in [1.82, 2.24) is 0 Å². The first kappa shape index (κ1) is 8.45. The minimum Gasteiger partial charge on any atom is -0.390 e. The molecule has 0 bridgehead atoms. The van der Waals surface area contributed by atoms with Crippen LogP contribution in [-0.2, 0) is 6.42 Å². The Bertz CT molecular complexity index is 327. The van der Waals surface area contributed by atoms with E-state index in [0.29, 0.717) is 12.0 Å². The topological polar surface area (TPSA) is 37.3 Å². The van der Waals surface area contributed by atoms with Crippen molar-refractivity contribution in [2.24, 2.45) is 0 Å². The van der Waals surface area contributed by atoms with Gasteiger partial charge in [0.2, 0.25) is 0 Å². The zero-order chi connectivity index (χ0) is 9.31. The minimum absolute atomic E-state index is 0.471. The van der Waals surface area contributed by atoms with Crippen LogP contribution in [0.15, 0.2) is 24.3 Å². The minimum atomic E-state index is -0.471. The van der Waals surface area contributed by atoms with Crippen LogP contribution in [0, 0.1) is 0 Å². The van der Waals surface area contributed by atoms with Crippen molar-refractivity contribution < 1.29 is 9.90 Å². The Balaban J connectivity index is 2.15. The van der Waals surface area contributed by atoms with Crippen molar-refractivity contribution in [1.29, 1.82) is 0 Å². The van der Waals surface area contributed by atoms with Crippen LogP contribution in [-0.4, -0.2) is 17.0 Å². The summed E-state index contributed by atoms with van der Waals surface area (Å²) in [6.07, 6.45) is 3.28. The first-order valence-corrected chi connectivity index (χ1v) is 4.48. The second-order valence-corrected chi connectivity index (χ2v) is 3.76. The van der Waals surface area contributed by atoms with Crippen LogP contribution >= 0.6 is 0 Å². The molecule has 0 heterocycles. The Kier molecular flexibility index (Phi) is 1.93.